The molecule has 0 fully saturated rings. The lowest BCUT2D eigenvalue weighted by atomic mass is 10.2. The molecule has 4 rings (SSSR count). The third kappa shape index (κ3) is 3.79. The summed E-state index contributed by atoms with van der Waals surface area (Å²) >= 11 is 1.43. The van der Waals surface area contributed by atoms with E-state index in [2.05, 4.69) is 10.3 Å². The van der Waals surface area contributed by atoms with Gasteiger partial charge in [0.25, 0.3) is 11.5 Å². The maximum absolute atomic E-state index is 12.6. The first kappa shape index (κ1) is 18.9. The molecule has 1 aromatic carbocycles. The highest BCUT2D eigenvalue weighted by atomic mass is 32.1. The zero-order valence-electron chi connectivity index (χ0n) is 15.7. The van der Waals surface area contributed by atoms with Crippen molar-refractivity contribution in [3.05, 3.63) is 45.3 Å². The van der Waals surface area contributed by atoms with Crippen LogP contribution in [0.4, 0.5) is 5.69 Å². The molecule has 1 aliphatic heterocycles. The predicted octanol–water partition coefficient (Wildman–Crippen LogP) is 1.99. The largest absolute Gasteiger partial charge is 0.454 e. The van der Waals surface area contributed by atoms with Crippen LogP contribution in [0.3, 0.4) is 0 Å². The van der Waals surface area contributed by atoms with Crippen LogP contribution in [-0.4, -0.2) is 34.8 Å². The van der Waals surface area contributed by atoms with Gasteiger partial charge in [0.15, 0.2) is 18.1 Å². The van der Waals surface area contributed by atoms with E-state index in [4.69, 9.17) is 14.2 Å². The second-order valence-electron chi connectivity index (χ2n) is 6.42. The van der Waals surface area contributed by atoms with Gasteiger partial charge in [0.2, 0.25) is 6.79 Å². The fourth-order valence-corrected chi connectivity index (χ4v) is 3.87. The van der Waals surface area contributed by atoms with Gasteiger partial charge in [0, 0.05) is 16.6 Å². The number of amides is 1. The summed E-state index contributed by atoms with van der Waals surface area (Å²) < 4.78 is 16.6. The number of nitrogens with zero attached hydrogens (tertiary/aromatic N) is 2. The molecule has 1 aliphatic rings. The molecule has 3 aromatic rings. The highest BCUT2D eigenvalue weighted by molar-refractivity contribution is 7.18. The second-order valence-corrected chi connectivity index (χ2v) is 7.62. The lowest BCUT2D eigenvalue weighted by Gasteiger charge is -2.08. The summed E-state index contributed by atoms with van der Waals surface area (Å²) in [5.41, 5.74) is 1.04. The second kappa shape index (κ2) is 7.55. The van der Waals surface area contributed by atoms with E-state index in [1.165, 1.54) is 22.2 Å². The van der Waals surface area contributed by atoms with E-state index in [0.29, 0.717) is 27.4 Å². The number of carbonyl (C=O) groups excluding carboxylic acids is 2. The first-order valence-electron chi connectivity index (χ1n) is 8.72. The van der Waals surface area contributed by atoms with Crippen LogP contribution in [-0.2, 0) is 20.9 Å². The molecule has 1 N–H and O–H groups in total. The molecule has 0 saturated carbocycles. The number of anilines is 1. The number of aromatic nitrogens is 2. The Kier molecular flexibility index (Phi) is 4.93. The molecule has 9 nitrogen and oxygen atoms in total. The average Bonchev–Trinajstić information content (AvgIpc) is 3.27. The van der Waals surface area contributed by atoms with Crippen LogP contribution in [0.5, 0.6) is 11.5 Å². The van der Waals surface area contributed by atoms with Gasteiger partial charge >= 0.3 is 5.97 Å². The van der Waals surface area contributed by atoms with Gasteiger partial charge in [-0.3, -0.25) is 19.0 Å². The Labute approximate surface area is 168 Å². The minimum absolute atomic E-state index is 0.134. The maximum atomic E-state index is 12.6. The zero-order valence-corrected chi connectivity index (χ0v) is 16.5. The molecule has 29 heavy (non-hydrogen) atoms. The van der Waals surface area contributed by atoms with Crippen molar-refractivity contribution in [3.8, 4) is 11.5 Å². The number of hydrogen-bond donors (Lipinski definition) is 1. The molecule has 0 bridgehead atoms. The molecule has 2 aromatic heterocycles. The Balaban J connectivity index is 1.36. The molecule has 0 aliphatic carbocycles. The van der Waals surface area contributed by atoms with E-state index >= 15 is 0 Å². The molecule has 0 unspecified atom stereocenters. The number of thiophene rings is 1. The highest BCUT2D eigenvalue weighted by Gasteiger charge is 2.16. The third-order valence-electron chi connectivity index (χ3n) is 4.48. The van der Waals surface area contributed by atoms with Crippen LogP contribution in [0.2, 0.25) is 0 Å². The van der Waals surface area contributed by atoms with Gasteiger partial charge in [-0.1, -0.05) is 0 Å². The third-order valence-corrected chi connectivity index (χ3v) is 5.59. The van der Waals surface area contributed by atoms with E-state index < -0.39 is 18.5 Å². The summed E-state index contributed by atoms with van der Waals surface area (Å²) in [5.74, 6) is -0.0938. The van der Waals surface area contributed by atoms with Gasteiger partial charge in [-0.2, -0.15) is 0 Å². The van der Waals surface area contributed by atoms with Crippen LogP contribution < -0.4 is 20.3 Å². The number of benzene rings is 1. The Morgan fingerprint density at radius 2 is 2.07 bits per heavy atom. The fourth-order valence-electron chi connectivity index (χ4n) is 2.88. The van der Waals surface area contributed by atoms with Crippen LogP contribution in [0.25, 0.3) is 10.2 Å². The van der Waals surface area contributed by atoms with Crippen molar-refractivity contribution in [3.63, 3.8) is 0 Å². The summed E-state index contributed by atoms with van der Waals surface area (Å²) in [5, 5.41) is 3.11. The number of ether oxygens (including phenoxy) is 3. The molecule has 0 radical (unpaired) electrons. The topological polar surface area (TPSA) is 109 Å². The van der Waals surface area contributed by atoms with Gasteiger partial charge in [0.1, 0.15) is 11.4 Å². The molecule has 0 atom stereocenters. The molecule has 0 spiro atoms. The van der Waals surface area contributed by atoms with Crippen LogP contribution in [0.15, 0.2) is 29.3 Å². The fraction of sp³-hybridized carbons (Fsp3) is 0.263. The number of carbonyl (C=O) groups is 2. The van der Waals surface area contributed by atoms with E-state index in [9.17, 15) is 14.4 Å². The maximum Gasteiger partial charge on any atom is 0.326 e. The first-order chi connectivity index (χ1) is 13.9. The summed E-state index contributed by atoms with van der Waals surface area (Å²) in [6.07, 6.45) is 1.31. The lowest BCUT2D eigenvalue weighted by molar-refractivity contribution is -0.147. The Morgan fingerprint density at radius 1 is 1.28 bits per heavy atom. The van der Waals surface area contributed by atoms with E-state index in [-0.39, 0.29) is 18.9 Å². The summed E-state index contributed by atoms with van der Waals surface area (Å²) in [6, 6.07) is 4.94. The molecule has 1 amide bonds. The highest BCUT2D eigenvalue weighted by Crippen LogP contribution is 2.34. The van der Waals surface area contributed by atoms with Gasteiger partial charge in [-0.25, -0.2) is 4.98 Å². The number of aryl methyl sites for hydroxylation is 2. The Bertz CT molecular complexity index is 1180. The normalized spacial score (nSPS) is 12.2. The minimum atomic E-state index is -0.710. The molecule has 0 saturated heterocycles. The summed E-state index contributed by atoms with van der Waals surface area (Å²) in [4.78, 5) is 42.6. The quantitative estimate of drug-likeness (QED) is 0.635. The van der Waals surface area contributed by atoms with Crippen LogP contribution >= 0.6 is 11.3 Å². The van der Waals surface area contributed by atoms with Crippen molar-refractivity contribution in [1.82, 2.24) is 9.55 Å². The number of rotatable bonds is 5. The lowest BCUT2D eigenvalue weighted by Crippen LogP contribution is -2.28. The predicted molar refractivity (Wildman–Crippen MR) is 106 cm³/mol. The standard InChI is InChI=1S/C19H17N3O6S/c1-10-11(2)29-18-17(10)19(25)22(8-20-18)6-16(24)26-7-15(23)21-12-3-4-13-14(5-12)28-9-27-13/h3-5,8H,6-7,9H2,1-2H3,(H,21,23). The number of nitrogens with one attached hydrogen (secondary N) is 1. The smallest absolute Gasteiger partial charge is 0.326 e. The molecular formula is C19H17N3O6S. The van der Waals surface area contributed by atoms with Crippen molar-refractivity contribution >= 4 is 39.1 Å². The molecule has 3 heterocycles. The van der Waals surface area contributed by atoms with Crippen molar-refractivity contribution in [2.75, 3.05) is 18.7 Å². The zero-order chi connectivity index (χ0) is 20.5. The SMILES string of the molecule is Cc1sc2ncn(CC(=O)OCC(=O)Nc3ccc4c(c3)OCO4)c(=O)c2c1C. The van der Waals surface area contributed by atoms with Gasteiger partial charge < -0.3 is 19.5 Å². The van der Waals surface area contributed by atoms with E-state index in [0.717, 1.165) is 10.4 Å². The average molecular weight is 415 g/mol. The Morgan fingerprint density at radius 3 is 2.90 bits per heavy atom. The van der Waals surface area contributed by atoms with Crippen LogP contribution in [0, 0.1) is 13.8 Å². The molecule has 150 valence electrons. The van der Waals surface area contributed by atoms with Gasteiger partial charge in [0.05, 0.1) is 11.7 Å². The molecule has 10 heteroatoms. The van der Waals surface area contributed by atoms with Gasteiger partial charge in [-0.15, -0.1) is 11.3 Å². The first-order valence-corrected chi connectivity index (χ1v) is 9.54. The Hall–Kier alpha value is -3.40. The minimum Gasteiger partial charge on any atom is -0.454 e. The number of esters is 1. The number of fused-ring (bicyclic) bond motifs is 2. The summed E-state index contributed by atoms with van der Waals surface area (Å²) in [7, 11) is 0. The number of hydrogen-bond acceptors (Lipinski definition) is 8. The van der Waals surface area contributed by atoms with E-state index in [1.807, 2.05) is 13.8 Å². The van der Waals surface area contributed by atoms with Crippen molar-refractivity contribution in [2.45, 2.75) is 20.4 Å². The molecular weight excluding hydrogens is 398 g/mol. The van der Waals surface area contributed by atoms with Crippen molar-refractivity contribution in [1.29, 1.82) is 0 Å². The van der Waals surface area contributed by atoms with Gasteiger partial charge in [-0.05, 0) is 31.5 Å². The van der Waals surface area contributed by atoms with Crippen LogP contribution in [0.1, 0.15) is 10.4 Å². The monoisotopic (exact) mass is 415 g/mol. The van der Waals surface area contributed by atoms with Crippen molar-refractivity contribution in [2.24, 2.45) is 0 Å². The van der Waals surface area contributed by atoms with Crippen molar-refractivity contribution < 1.29 is 23.8 Å². The summed E-state index contributed by atoms with van der Waals surface area (Å²) in [6.45, 7) is 3.09. The van der Waals surface area contributed by atoms with E-state index in [1.54, 1.807) is 18.2 Å².